The van der Waals surface area contributed by atoms with E-state index in [-0.39, 0.29) is 6.10 Å². The quantitative estimate of drug-likeness (QED) is 0.688. The number of fused-ring (bicyclic) bond motifs is 5. The number of aliphatic hydroxyl groups is 2. The van der Waals surface area contributed by atoms with Crippen molar-refractivity contribution in [2.45, 2.75) is 97.0 Å². The molecule has 4 aliphatic rings. The minimum atomic E-state index is -0.0398. The van der Waals surface area contributed by atoms with E-state index in [4.69, 9.17) is 5.11 Å². The zero-order valence-electron chi connectivity index (χ0n) is 16.6. The van der Waals surface area contributed by atoms with Crippen LogP contribution >= 0.6 is 0 Å². The first-order valence-corrected chi connectivity index (χ1v) is 11.3. The van der Waals surface area contributed by atoms with Gasteiger partial charge in [-0.3, -0.25) is 0 Å². The van der Waals surface area contributed by atoms with Crippen LogP contribution in [0, 0.1) is 40.4 Å². The van der Waals surface area contributed by atoms with Gasteiger partial charge < -0.3 is 10.2 Å². The second-order valence-corrected chi connectivity index (χ2v) is 10.6. The molecule has 0 aromatic heterocycles. The molecule has 4 saturated carbocycles. The van der Waals surface area contributed by atoms with Crippen LogP contribution < -0.4 is 0 Å². The minimum Gasteiger partial charge on any atom is -0.396 e. The summed E-state index contributed by atoms with van der Waals surface area (Å²) in [7, 11) is 0. The first-order valence-electron chi connectivity index (χ1n) is 11.3. The molecule has 0 heterocycles. The maximum atomic E-state index is 11.2. The Balaban J connectivity index is 1.55. The van der Waals surface area contributed by atoms with Crippen LogP contribution in [0.15, 0.2) is 0 Å². The van der Waals surface area contributed by atoms with Crippen molar-refractivity contribution in [3.63, 3.8) is 0 Å². The lowest BCUT2D eigenvalue weighted by molar-refractivity contribution is -0.162. The Morgan fingerprint density at radius 3 is 2.48 bits per heavy atom. The van der Waals surface area contributed by atoms with Crippen molar-refractivity contribution >= 4 is 0 Å². The van der Waals surface area contributed by atoms with Gasteiger partial charge in [-0.05, 0) is 98.2 Å². The van der Waals surface area contributed by atoms with Gasteiger partial charge >= 0.3 is 0 Å². The Morgan fingerprint density at radius 1 is 0.880 bits per heavy atom. The van der Waals surface area contributed by atoms with Gasteiger partial charge in [0.2, 0.25) is 0 Å². The molecule has 4 fully saturated rings. The minimum absolute atomic E-state index is 0.0398. The van der Waals surface area contributed by atoms with E-state index < -0.39 is 0 Å². The van der Waals surface area contributed by atoms with Crippen molar-refractivity contribution in [2.75, 3.05) is 6.61 Å². The molecule has 144 valence electrons. The molecule has 2 N–H and O–H groups in total. The molecular formula is C23H40O2. The molecule has 4 aliphatic carbocycles. The summed E-state index contributed by atoms with van der Waals surface area (Å²) >= 11 is 0. The average Bonchev–Trinajstić information content (AvgIpc) is 2.92. The Kier molecular flexibility index (Phi) is 4.99. The number of rotatable bonds is 4. The maximum Gasteiger partial charge on any atom is 0.0577 e. The third-order valence-electron chi connectivity index (χ3n) is 9.76. The van der Waals surface area contributed by atoms with Gasteiger partial charge in [0.15, 0.2) is 0 Å². The fourth-order valence-electron chi connectivity index (χ4n) is 8.34. The van der Waals surface area contributed by atoms with E-state index in [0.29, 0.717) is 23.4 Å². The van der Waals surface area contributed by atoms with Gasteiger partial charge in [-0.25, -0.2) is 0 Å². The van der Waals surface area contributed by atoms with Crippen LogP contribution in [0.4, 0.5) is 0 Å². The number of hydrogen-bond acceptors (Lipinski definition) is 2. The van der Waals surface area contributed by atoms with Crippen LogP contribution in [-0.4, -0.2) is 22.9 Å². The Labute approximate surface area is 154 Å². The molecule has 4 rings (SSSR count). The molecule has 0 aromatic rings. The summed E-state index contributed by atoms with van der Waals surface area (Å²) in [6.07, 6.45) is 15.5. The van der Waals surface area contributed by atoms with E-state index in [9.17, 15) is 5.11 Å². The van der Waals surface area contributed by atoms with Crippen molar-refractivity contribution in [3.8, 4) is 0 Å². The maximum absolute atomic E-state index is 11.2. The second kappa shape index (κ2) is 6.82. The van der Waals surface area contributed by atoms with Gasteiger partial charge in [0, 0.05) is 6.61 Å². The predicted molar refractivity (Wildman–Crippen MR) is 102 cm³/mol. The van der Waals surface area contributed by atoms with Crippen LogP contribution in [0.5, 0.6) is 0 Å². The standard InChI is InChI=1S/C23H40O2/c1-22-12-5-3-8-17(22)15-20(25)21-18-10-9-16(7-4-6-14-24)23(18,2)13-11-19(21)22/h16-21,24-25H,3-15H2,1-2H3. The molecular weight excluding hydrogens is 308 g/mol. The highest BCUT2D eigenvalue weighted by molar-refractivity contribution is 5.10. The molecule has 0 bridgehead atoms. The highest BCUT2D eigenvalue weighted by atomic mass is 16.3. The molecule has 8 unspecified atom stereocenters. The summed E-state index contributed by atoms with van der Waals surface area (Å²) in [5, 5.41) is 20.3. The number of unbranched alkanes of at least 4 members (excludes halogenated alkanes) is 1. The van der Waals surface area contributed by atoms with E-state index >= 15 is 0 Å². The molecule has 0 saturated heterocycles. The fourth-order valence-corrected chi connectivity index (χ4v) is 8.34. The van der Waals surface area contributed by atoms with Crippen LogP contribution in [0.2, 0.25) is 0 Å². The third kappa shape index (κ3) is 2.81. The lowest BCUT2D eigenvalue weighted by atomic mass is 9.44. The first kappa shape index (κ1) is 18.3. The first-order chi connectivity index (χ1) is 12.0. The molecule has 0 radical (unpaired) electrons. The summed E-state index contributed by atoms with van der Waals surface area (Å²) in [6, 6.07) is 0. The van der Waals surface area contributed by atoms with Crippen LogP contribution in [0.1, 0.15) is 90.9 Å². The molecule has 0 aliphatic heterocycles. The van der Waals surface area contributed by atoms with E-state index in [0.717, 1.165) is 36.5 Å². The van der Waals surface area contributed by atoms with Crippen molar-refractivity contribution in [1.29, 1.82) is 0 Å². The van der Waals surface area contributed by atoms with Crippen molar-refractivity contribution < 1.29 is 10.2 Å². The summed E-state index contributed by atoms with van der Waals surface area (Å²) < 4.78 is 0. The summed E-state index contributed by atoms with van der Waals surface area (Å²) in [6.45, 7) is 5.50. The van der Waals surface area contributed by atoms with E-state index in [2.05, 4.69) is 13.8 Å². The molecule has 2 heteroatoms. The van der Waals surface area contributed by atoms with Crippen LogP contribution in [-0.2, 0) is 0 Å². The highest BCUT2D eigenvalue weighted by Crippen LogP contribution is 2.67. The summed E-state index contributed by atoms with van der Waals surface area (Å²) in [4.78, 5) is 0. The molecule has 8 atom stereocenters. The van der Waals surface area contributed by atoms with Gasteiger partial charge in [-0.15, -0.1) is 0 Å². The normalized spacial score (nSPS) is 52.3. The van der Waals surface area contributed by atoms with Gasteiger partial charge in [-0.1, -0.05) is 33.1 Å². The van der Waals surface area contributed by atoms with Crippen LogP contribution in [0.3, 0.4) is 0 Å². The molecule has 25 heavy (non-hydrogen) atoms. The molecule has 0 spiro atoms. The van der Waals surface area contributed by atoms with Crippen molar-refractivity contribution in [2.24, 2.45) is 40.4 Å². The lowest BCUT2D eigenvalue weighted by Gasteiger charge is -2.62. The zero-order valence-corrected chi connectivity index (χ0v) is 16.6. The zero-order chi connectivity index (χ0) is 17.7. The number of hydrogen-bond donors (Lipinski definition) is 2. The number of aliphatic hydroxyl groups excluding tert-OH is 2. The predicted octanol–water partition coefficient (Wildman–Crippen LogP) is 5.17. The van der Waals surface area contributed by atoms with Crippen molar-refractivity contribution in [3.05, 3.63) is 0 Å². The topological polar surface area (TPSA) is 40.5 Å². The molecule has 0 amide bonds. The second-order valence-electron chi connectivity index (χ2n) is 10.6. The Morgan fingerprint density at radius 2 is 1.68 bits per heavy atom. The van der Waals surface area contributed by atoms with Gasteiger partial charge in [-0.2, -0.15) is 0 Å². The van der Waals surface area contributed by atoms with E-state index in [1.54, 1.807) is 0 Å². The van der Waals surface area contributed by atoms with Gasteiger partial charge in [0.1, 0.15) is 0 Å². The monoisotopic (exact) mass is 348 g/mol. The molecule has 2 nitrogen and oxygen atoms in total. The average molecular weight is 349 g/mol. The van der Waals surface area contributed by atoms with E-state index in [1.807, 2.05) is 0 Å². The lowest BCUT2D eigenvalue weighted by Crippen LogP contribution is -2.57. The van der Waals surface area contributed by atoms with Crippen LogP contribution in [0.25, 0.3) is 0 Å². The molecule has 0 aromatic carbocycles. The third-order valence-corrected chi connectivity index (χ3v) is 9.76. The summed E-state index contributed by atoms with van der Waals surface area (Å²) in [5.41, 5.74) is 0.966. The van der Waals surface area contributed by atoms with Gasteiger partial charge in [0.05, 0.1) is 6.10 Å². The van der Waals surface area contributed by atoms with Crippen molar-refractivity contribution in [1.82, 2.24) is 0 Å². The summed E-state index contributed by atoms with van der Waals surface area (Å²) in [5.74, 6) is 3.70. The van der Waals surface area contributed by atoms with E-state index in [1.165, 1.54) is 64.2 Å². The van der Waals surface area contributed by atoms with Gasteiger partial charge in [0.25, 0.3) is 0 Å². The Hall–Kier alpha value is -0.0800. The highest BCUT2D eigenvalue weighted by Gasteiger charge is 2.61. The SMILES string of the molecule is CC12CCC3C(C(O)CC4CCCCC43C)C1CCC2CCCCO. The smallest absolute Gasteiger partial charge is 0.0577 e. The largest absolute Gasteiger partial charge is 0.396 e. The Bertz CT molecular complexity index is 477. The fraction of sp³-hybridized carbons (Fsp3) is 1.00.